The van der Waals surface area contributed by atoms with Gasteiger partial charge in [0.15, 0.2) is 0 Å². The standard InChI is InChI=1S/2Cr.2O2Si.3O/c;;2*1-3-2;;;/q2*+3;;;3*-2. The maximum atomic E-state index is 8.40. The Balaban J connectivity index is -0.00000000400. The molecule has 0 bridgehead atoms. The fourth-order valence-corrected chi connectivity index (χ4v) is 0. The summed E-state index contributed by atoms with van der Waals surface area (Å²) in [6.45, 7) is 0. The Hall–Kier alpha value is 0.579. The van der Waals surface area contributed by atoms with Crippen LogP contribution in [0.25, 0.3) is 0 Å². The summed E-state index contributed by atoms with van der Waals surface area (Å²) < 4.78 is 33.6. The molecule has 11 heavy (non-hydrogen) atoms. The van der Waals surface area contributed by atoms with Crippen LogP contribution in [0.3, 0.4) is 0 Å². The Bertz CT molecular complexity index is 68.4. The molecular formula is Cr2O7Si2. The van der Waals surface area contributed by atoms with Crippen molar-refractivity contribution in [2.24, 2.45) is 0 Å². The minimum Gasteiger partial charge on any atom is -2.00 e. The molecule has 0 saturated heterocycles. The zero-order valence-electron chi connectivity index (χ0n) is 4.67. The van der Waals surface area contributed by atoms with Gasteiger partial charge in [-0.25, -0.2) is 0 Å². The van der Waals surface area contributed by atoms with E-state index in [0.717, 1.165) is 0 Å². The van der Waals surface area contributed by atoms with Crippen LogP contribution in [0.4, 0.5) is 0 Å². The minimum atomic E-state index is -1.42. The number of rotatable bonds is 0. The average molecular weight is 272 g/mol. The maximum absolute atomic E-state index is 8.40. The van der Waals surface area contributed by atoms with E-state index >= 15 is 0 Å². The average Bonchev–Trinajstić information content (AvgIpc) is 1.39. The SMILES string of the molecule is O=[Si]=O.O=[Si]=O.[Cr+3].[Cr+3].[O-2].[O-2].[O-2]. The van der Waals surface area contributed by atoms with E-state index in [2.05, 4.69) is 0 Å². The third-order valence-electron chi connectivity index (χ3n) is 0. The smallest absolute Gasteiger partial charge is 2.00 e. The zero-order valence-corrected chi connectivity index (χ0v) is 9.22. The number of hydrogen-bond acceptors (Lipinski definition) is 4. The van der Waals surface area contributed by atoms with Crippen LogP contribution in [0.5, 0.6) is 0 Å². The van der Waals surface area contributed by atoms with Gasteiger partial charge in [0.05, 0.1) is 0 Å². The van der Waals surface area contributed by atoms with Gasteiger partial charge in [0.2, 0.25) is 0 Å². The Morgan fingerprint density at radius 1 is 0.545 bits per heavy atom. The summed E-state index contributed by atoms with van der Waals surface area (Å²) in [4.78, 5) is 0. The summed E-state index contributed by atoms with van der Waals surface area (Å²) >= 11 is 0. The molecule has 0 heterocycles. The van der Waals surface area contributed by atoms with Crippen LogP contribution in [0.15, 0.2) is 0 Å². The third kappa shape index (κ3) is 2320. The van der Waals surface area contributed by atoms with Crippen LogP contribution >= 0.6 is 0 Å². The first-order chi connectivity index (χ1) is 2.83. The first-order valence-electron chi connectivity index (χ1n) is 0.816. The van der Waals surface area contributed by atoms with Crippen molar-refractivity contribution in [1.29, 1.82) is 0 Å². The van der Waals surface area contributed by atoms with E-state index in [9.17, 15) is 0 Å². The Kier molecular flexibility index (Phi) is 820. The Morgan fingerprint density at radius 2 is 0.545 bits per heavy atom. The molecule has 0 aliphatic rings. The quantitative estimate of drug-likeness (QED) is 0.487. The van der Waals surface area contributed by atoms with Crippen LogP contribution in [-0.4, -0.2) is 18.6 Å². The van der Waals surface area contributed by atoms with Gasteiger partial charge >= 0.3 is 53.3 Å². The number of hydrogen-bond donors (Lipinski definition) is 0. The van der Waals surface area contributed by atoms with E-state index in [4.69, 9.17) is 17.8 Å². The van der Waals surface area contributed by atoms with Crippen LogP contribution in [0.1, 0.15) is 0 Å². The van der Waals surface area contributed by atoms with Crippen molar-refractivity contribution in [2.45, 2.75) is 0 Å². The monoisotopic (exact) mass is 272 g/mol. The molecule has 7 nitrogen and oxygen atoms in total. The molecule has 0 aromatic rings. The molecule has 0 aromatic heterocycles. The topological polar surface area (TPSA) is 154 Å². The van der Waals surface area contributed by atoms with E-state index < -0.39 is 18.6 Å². The molecule has 0 amide bonds. The van der Waals surface area contributed by atoms with Gasteiger partial charge in [0, 0.05) is 0 Å². The van der Waals surface area contributed by atoms with Crippen LogP contribution in [-0.2, 0) is 69.0 Å². The Morgan fingerprint density at radius 3 is 0.545 bits per heavy atom. The summed E-state index contributed by atoms with van der Waals surface area (Å²) in [6, 6.07) is 0. The van der Waals surface area contributed by atoms with Gasteiger partial charge in [0.25, 0.3) is 0 Å². The molecule has 0 rings (SSSR count). The molecule has 11 heteroatoms. The fraction of sp³-hybridized carbons (Fsp3) is 0. The van der Waals surface area contributed by atoms with E-state index in [0.29, 0.717) is 0 Å². The van der Waals surface area contributed by atoms with Gasteiger partial charge in [-0.1, -0.05) is 0 Å². The summed E-state index contributed by atoms with van der Waals surface area (Å²) in [6.07, 6.45) is 0. The van der Waals surface area contributed by atoms with Crippen molar-refractivity contribution in [3.05, 3.63) is 0 Å². The molecule has 0 aliphatic carbocycles. The van der Waals surface area contributed by atoms with Crippen molar-refractivity contribution >= 4 is 18.6 Å². The molecule has 0 spiro atoms. The molecule has 0 aromatic carbocycles. The summed E-state index contributed by atoms with van der Waals surface area (Å²) in [5.41, 5.74) is 0. The molecule has 2 radical (unpaired) electrons. The fourth-order valence-electron chi connectivity index (χ4n) is 0. The van der Waals surface area contributed by atoms with Crippen molar-refractivity contribution < 1.29 is 69.0 Å². The molecule has 0 unspecified atom stereocenters. The van der Waals surface area contributed by atoms with E-state index in [1.807, 2.05) is 0 Å². The second-order valence-corrected chi connectivity index (χ2v) is 0.500. The first-order valence-corrected chi connectivity index (χ1v) is 2.45. The molecule has 0 fully saturated rings. The summed E-state index contributed by atoms with van der Waals surface area (Å²) in [5.74, 6) is 0. The van der Waals surface area contributed by atoms with Gasteiger partial charge < -0.3 is 16.4 Å². The predicted molar refractivity (Wildman–Crippen MR) is 16.3 cm³/mol. The maximum Gasteiger partial charge on any atom is 3.00 e. The van der Waals surface area contributed by atoms with Crippen molar-refractivity contribution in [1.82, 2.24) is 0 Å². The van der Waals surface area contributed by atoms with Gasteiger partial charge in [-0.2, -0.15) is 0 Å². The van der Waals surface area contributed by atoms with E-state index in [1.54, 1.807) is 0 Å². The molecular weight excluding hydrogens is 272 g/mol. The van der Waals surface area contributed by atoms with E-state index in [1.165, 1.54) is 0 Å². The predicted octanol–water partition coefficient (Wildman–Crippen LogP) is -1.60. The van der Waals surface area contributed by atoms with Gasteiger partial charge in [-0.15, -0.1) is 0 Å². The molecule has 0 atom stereocenters. The van der Waals surface area contributed by atoms with Crippen LogP contribution in [0, 0.1) is 0 Å². The van der Waals surface area contributed by atoms with Gasteiger partial charge in [-0.05, 0) is 0 Å². The van der Waals surface area contributed by atoms with Crippen molar-refractivity contribution in [3.63, 3.8) is 0 Å². The van der Waals surface area contributed by atoms with Crippen molar-refractivity contribution in [3.8, 4) is 0 Å². The molecule has 0 N–H and O–H groups in total. The summed E-state index contributed by atoms with van der Waals surface area (Å²) in [7, 11) is -2.83. The minimum absolute atomic E-state index is 0. The van der Waals surface area contributed by atoms with Crippen molar-refractivity contribution in [2.75, 3.05) is 0 Å². The molecule has 62 valence electrons. The third-order valence-corrected chi connectivity index (χ3v) is 0. The second-order valence-electron chi connectivity index (χ2n) is 0.167. The molecule has 0 aliphatic heterocycles. The molecule has 0 saturated carbocycles. The zero-order chi connectivity index (χ0) is 5.41. The Labute approximate surface area is 87.6 Å². The van der Waals surface area contributed by atoms with Crippen LogP contribution < -0.4 is 0 Å². The van der Waals surface area contributed by atoms with E-state index in [-0.39, 0.29) is 51.2 Å². The normalized spacial score (nSPS) is 1.45. The van der Waals surface area contributed by atoms with Gasteiger partial charge in [0.1, 0.15) is 0 Å². The largest absolute Gasteiger partial charge is 3.00 e. The summed E-state index contributed by atoms with van der Waals surface area (Å²) in [5, 5.41) is 0. The van der Waals surface area contributed by atoms with Gasteiger partial charge in [-0.3, -0.25) is 17.8 Å². The second kappa shape index (κ2) is 146. The first kappa shape index (κ1) is 61.8. The van der Waals surface area contributed by atoms with Crippen LogP contribution in [0.2, 0.25) is 0 Å².